The van der Waals surface area contributed by atoms with Crippen LogP contribution in [0.25, 0.3) is 0 Å². The van der Waals surface area contributed by atoms with Crippen molar-refractivity contribution in [2.45, 2.75) is 64.8 Å². The molecule has 0 aromatic rings. The molecule has 5 heteroatoms. The van der Waals surface area contributed by atoms with E-state index in [4.69, 9.17) is 14.2 Å². The SMILES string of the molecule is CC(C)OC(=O)[C@]12C=CO[C@@]1(C(=O)OC(C)C)CCC2. The van der Waals surface area contributed by atoms with E-state index in [1.165, 1.54) is 6.26 Å². The van der Waals surface area contributed by atoms with E-state index in [0.717, 1.165) is 6.42 Å². The van der Waals surface area contributed by atoms with Crippen molar-refractivity contribution in [3.63, 3.8) is 0 Å². The van der Waals surface area contributed by atoms with Crippen LogP contribution in [0.2, 0.25) is 0 Å². The van der Waals surface area contributed by atoms with Gasteiger partial charge in [-0.05, 0) is 53.0 Å². The van der Waals surface area contributed by atoms with Gasteiger partial charge in [0.05, 0.1) is 18.5 Å². The fourth-order valence-electron chi connectivity index (χ4n) is 2.99. The first-order valence-electron chi connectivity index (χ1n) is 7.12. The smallest absolute Gasteiger partial charge is 0.352 e. The first-order chi connectivity index (χ1) is 9.34. The molecule has 20 heavy (non-hydrogen) atoms. The Balaban J connectivity index is 2.32. The molecule has 1 aliphatic heterocycles. The summed E-state index contributed by atoms with van der Waals surface area (Å²) in [6, 6.07) is 0. The van der Waals surface area contributed by atoms with Crippen LogP contribution in [0.15, 0.2) is 12.3 Å². The summed E-state index contributed by atoms with van der Waals surface area (Å²) in [6.07, 6.45) is 4.35. The van der Waals surface area contributed by atoms with Crippen LogP contribution in [0.4, 0.5) is 0 Å². The summed E-state index contributed by atoms with van der Waals surface area (Å²) in [5.41, 5.74) is -2.29. The van der Waals surface area contributed by atoms with Crippen molar-refractivity contribution in [2.75, 3.05) is 0 Å². The molecule has 1 heterocycles. The Morgan fingerprint density at radius 1 is 1.05 bits per heavy atom. The number of ether oxygens (including phenoxy) is 3. The van der Waals surface area contributed by atoms with Crippen molar-refractivity contribution in [1.82, 2.24) is 0 Å². The van der Waals surface area contributed by atoms with E-state index in [2.05, 4.69) is 0 Å². The van der Waals surface area contributed by atoms with Crippen molar-refractivity contribution in [3.05, 3.63) is 12.3 Å². The predicted octanol–water partition coefficient (Wildman–Crippen LogP) is 2.34. The lowest BCUT2D eigenvalue weighted by atomic mass is 9.75. The zero-order chi connectivity index (χ0) is 15.0. The van der Waals surface area contributed by atoms with Crippen LogP contribution in [0, 0.1) is 5.41 Å². The molecule has 1 aliphatic carbocycles. The van der Waals surface area contributed by atoms with Crippen LogP contribution in [0.3, 0.4) is 0 Å². The standard InChI is InChI=1S/C15H22O5/c1-10(2)19-12(16)14-6-5-7-15(14,18-9-8-14)13(17)20-11(3)4/h8-11H,5-7H2,1-4H3/t14-,15+/m0/s1. The maximum atomic E-state index is 12.5. The summed E-state index contributed by atoms with van der Waals surface area (Å²) in [6.45, 7) is 7.13. The minimum atomic E-state index is -1.25. The van der Waals surface area contributed by atoms with Crippen molar-refractivity contribution in [1.29, 1.82) is 0 Å². The molecule has 0 spiro atoms. The second-order valence-corrected chi connectivity index (χ2v) is 5.98. The molecule has 2 rings (SSSR count). The van der Waals surface area contributed by atoms with E-state index >= 15 is 0 Å². The first-order valence-corrected chi connectivity index (χ1v) is 7.12. The van der Waals surface area contributed by atoms with E-state index in [-0.39, 0.29) is 12.2 Å². The number of esters is 2. The average molecular weight is 282 g/mol. The minimum Gasteiger partial charge on any atom is -0.482 e. The molecule has 112 valence electrons. The van der Waals surface area contributed by atoms with Gasteiger partial charge in [-0.15, -0.1) is 0 Å². The zero-order valence-corrected chi connectivity index (χ0v) is 12.5. The van der Waals surface area contributed by atoms with E-state index in [1.54, 1.807) is 33.8 Å². The molecular formula is C15H22O5. The highest BCUT2D eigenvalue weighted by atomic mass is 16.6. The van der Waals surface area contributed by atoms with Gasteiger partial charge in [0.1, 0.15) is 5.41 Å². The van der Waals surface area contributed by atoms with Crippen LogP contribution < -0.4 is 0 Å². The first kappa shape index (κ1) is 14.9. The molecule has 0 unspecified atom stereocenters. The highest BCUT2D eigenvalue weighted by Crippen LogP contribution is 2.55. The van der Waals surface area contributed by atoms with Gasteiger partial charge in [-0.3, -0.25) is 4.79 Å². The van der Waals surface area contributed by atoms with Crippen LogP contribution in [0.5, 0.6) is 0 Å². The molecule has 1 saturated carbocycles. The fraction of sp³-hybridized carbons (Fsp3) is 0.733. The second-order valence-electron chi connectivity index (χ2n) is 5.98. The Bertz CT molecular complexity index is 440. The maximum Gasteiger partial charge on any atom is 0.352 e. The number of hydrogen-bond acceptors (Lipinski definition) is 5. The summed E-state index contributed by atoms with van der Waals surface area (Å²) >= 11 is 0. The Kier molecular flexibility index (Phi) is 3.80. The van der Waals surface area contributed by atoms with Crippen LogP contribution in [-0.2, 0) is 23.8 Å². The molecule has 1 fully saturated rings. The molecule has 0 aromatic heterocycles. The molecule has 0 saturated heterocycles. The van der Waals surface area contributed by atoms with Gasteiger partial charge in [-0.1, -0.05) is 0 Å². The molecule has 5 nitrogen and oxygen atoms in total. The van der Waals surface area contributed by atoms with Gasteiger partial charge in [0.15, 0.2) is 0 Å². The Hall–Kier alpha value is -1.52. The molecule has 0 aromatic carbocycles. The van der Waals surface area contributed by atoms with Crippen molar-refractivity contribution >= 4 is 11.9 Å². The zero-order valence-electron chi connectivity index (χ0n) is 12.5. The van der Waals surface area contributed by atoms with Crippen LogP contribution in [0.1, 0.15) is 47.0 Å². The quantitative estimate of drug-likeness (QED) is 0.741. The summed E-state index contributed by atoms with van der Waals surface area (Å²) in [4.78, 5) is 25.0. The van der Waals surface area contributed by atoms with Crippen molar-refractivity contribution < 1.29 is 23.8 Å². The van der Waals surface area contributed by atoms with Gasteiger partial charge < -0.3 is 14.2 Å². The Morgan fingerprint density at radius 2 is 1.65 bits per heavy atom. The summed E-state index contributed by atoms with van der Waals surface area (Å²) < 4.78 is 16.2. The number of fused-ring (bicyclic) bond motifs is 1. The third kappa shape index (κ3) is 2.09. The van der Waals surface area contributed by atoms with Crippen LogP contribution >= 0.6 is 0 Å². The highest BCUT2D eigenvalue weighted by Gasteiger charge is 2.68. The molecular weight excluding hydrogens is 260 g/mol. The fourth-order valence-corrected chi connectivity index (χ4v) is 2.99. The van der Waals surface area contributed by atoms with E-state index in [1.807, 2.05) is 0 Å². The van der Waals surface area contributed by atoms with Gasteiger partial charge in [0, 0.05) is 0 Å². The largest absolute Gasteiger partial charge is 0.482 e. The second kappa shape index (κ2) is 5.11. The lowest BCUT2D eigenvalue weighted by Gasteiger charge is -2.35. The summed E-state index contributed by atoms with van der Waals surface area (Å²) in [5.74, 6) is -0.879. The van der Waals surface area contributed by atoms with Gasteiger partial charge in [0.2, 0.25) is 5.60 Å². The topological polar surface area (TPSA) is 61.8 Å². The molecule has 0 N–H and O–H groups in total. The van der Waals surface area contributed by atoms with Gasteiger partial charge in [-0.25, -0.2) is 4.79 Å². The van der Waals surface area contributed by atoms with Gasteiger partial charge >= 0.3 is 11.9 Å². The minimum absolute atomic E-state index is 0.231. The number of carbonyl (C=O) groups is 2. The van der Waals surface area contributed by atoms with Gasteiger partial charge in [-0.2, -0.15) is 0 Å². The molecule has 2 aliphatic rings. The summed E-state index contributed by atoms with van der Waals surface area (Å²) in [5, 5.41) is 0. The number of carbonyl (C=O) groups excluding carboxylic acids is 2. The van der Waals surface area contributed by atoms with E-state index < -0.39 is 23.0 Å². The molecule has 0 amide bonds. The van der Waals surface area contributed by atoms with Crippen molar-refractivity contribution in [2.24, 2.45) is 5.41 Å². The number of rotatable bonds is 4. The third-order valence-corrected chi connectivity index (χ3v) is 3.82. The highest BCUT2D eigenvalue weighted by molar-refractivity contribution is 5.94. The average Bonchev–Trinajstić information content (AvgIpc) is 2.82. The van der Waals surface area contributed by atoms with Crippen LogP contribution in [-0.4, -0.2) is 29.7 Å². The normalized spacial score (nSPS) is 31.3. The van der Waals surface area contributed by atoms with E-state index in [9.17, 15) is 9.59 Å². The molecule has 0 radical (unpaired) electrons. The van der Waals surface area contributed by atoms with Crippen molar-refractivity contribution in [3.8, 4) is 0 Å². The summed E-state index contributed by atoms with van der Waals surface area (Å²) in [7, 11) is 0. The third-order valence-electron chi connectivity index (χ3n) is 3.82. The Labute approximate surface area is 119 Å². The molecule has 0 bridgehead atoms. The maximum absolute atomic E-state index is 12.5. The molecule has 2 atom stereocenters. The van der Waals surface area contributed by atoms with Gasteiger partial charge in [0.25, 0.3) is 0 Å². The van der Waals surface area contributed by atoms with E-state index in [0.29, 0.717) is 12.8 Å². The lowest BCUT2D eigenvalue weighted by molar-refractivity contribution is -0.187. The lowest BCUT2D eigenvalue weighted by Crippen LogP contribution is -2.54. The number of hydrogen-bond donors (Lipinski definition) is 0. The Morgan fingerprint density at radius 3 is 2.25 bits per heavy atom. The monoisotopic (exact) mass is 282 g/mol. The predicted molar refractivity (Wildman–Crippen MR) is 71.7 cm³/mol.